The van der Waals surface area contributed by atoms with E-state index in [-0.39, 0.29) is 5.91 Å². The highest BCUT2D eigenvalue weighted by Crippen LogP contribution is 2.33. The number of halogens is 2. The number of likely N-dealkylation sites (tertiary alicyclic amines) is 1. The highest BCUT2D eigenvalue weighted by Gasteiger charge is 2.41. The van der Waals surface area contributed by atoms with Crippen molar-refractivity contribution >= 4 is 29.1 Å². The first-order chi connectivity index (χ1) is 14.5. The van der Waals surface area contributed by atoms with Gasteiger partial charge in [0.25, 0.3) is 5.91 Å². The lowest BCUT2D eigenvalue weighted by molar-refractivity contribution is -0.181. The van der Waals surface area contributed by atoms with Crippen molar-refractivity contribution in [1.82, 2.24) is 14.7 Å². The number of benzene rings is 1. The van der Waals surface area contributed by atoms with Crippen LogP contribution in [0.4, 0.5) is 0 Å². The monoisotopic (exact) mass is 447 g/mol. The Hall–Kier alpha value is -2.32. The van der Waals surface area contributed by atoms with Crippen LogP contribution in [0, 0.1) is 0 Å². The molecule has 2 fully saturated rings. The van der Waals surface area contributed by atoms with Crippen LogP contribution < -0.4 is 0 Å². The van der Waals surface area contributed by atoms with Crippen molar-refractivity contribution in [2.75, 3.05) is 26.3 Å². The molecule has 1 aromatic carbocycles. The molecule has 1 amide bonds. The highest BCUT2D eigenvalue weighted by atomic mass is 35.5. The van der Waals surface area contributed by atoms with Crippen molar-refractivity contribution in [2.45, 2.75) is 18.6 Å². The first kappa shape index (κ1) is 19.6. The van der Waals surface area contributed by atoms with Crippen LogP contribution in [-0.4, -0.2) is 52.7 Å². The van der Waals surface area contributed by atoms with Gasteiger partial charge in [-0.1, -0.05) is 23.2 Å². The Kier molecular flexibility index (Phi) is 5.06. The van der Waals surface area contributed by atoms with Crippen molar-refractivity contribution in [3.8, 4) is 17.1 Å². The minimum absolute atomic E-state index is 0.126. The van der Waals surface area contributed by atoms with Crippen LogP contribution >= 0.6 is 23.2 Å². The molecular weight excluding hydrogens is 429 g/mol. The fourth-order valence-electron chi connectivity index (χ4n) is 3.89. The third kappa shape index (κ3) is 3.52. The lowest BCUT2D eigenvalue weighted by Gasteiger charge is -2.37. The van der Waals surface area contributed by atoms with E-state index in [1.165, 1.54) is 0 Å². The average Bonchev–Trinajstić information content (AvgIpc) is 3.51. The van der Waals surface area contributed by atoms with E-state index in [1.54, 1.807) is 52.2 Å². The highest BCUT2D eigenvalue weighted by molar-refractivity contribution is 6.42. The maximum Gasteiger partial charge on any atom is 0.272 e. The first-order valence-electron chi connectivity index (χ1n) is 9.71. The number of furan rings is 1. The molecule has 2 aromatic heterocycles. The largest absolute Gasteiger partial charge is 0.463 e. The fraction of sp³-hybridized carbons (Fsp3) is 0.333. The van der Waals surface area contributed by atoms with Gasteiger partial charge in [0, 0.05) is 32.0 Å². The maximum absolute atomic E-state index is 13.4. The maximum atomic E-state index is 13.4. The number of rotatable bonds is 3. The summed E-state index contributed by atoms with van der Waals surface area (Å²) < 4.78 is 18.6. The summed E-state index contributed by atoms with van der Waals surface area (Å²) in [6, 6.07) is 10.5. The second-order valence-corrected chi connectivity index (χ2v) is 8.12. The molecule has 0 radical (unpaired) electrons. The summed E-state index contributed by atoms with van der Waals surface area (Å²) in [5.41, 5.74) is 1.62. The van der Waals surface area contributed by atoms with Gasteiger partial charge in [0.05, 0.1) is 35.2 Å². The second kappa shape index (κ2) is 7.74. The summed E-state index contributed by atoms with van der Waals surface area (Å²) in [6.07, 6.45) is 2.86. The van der Waals surface area contributed by atoms with E-state index in [0.29, 0.717) is 72.0 Å². The predicted octanol–water partition coefficient (Wildman–Crippen LogP) is 4.42. The Balaban J connectivity index is 1.48. The van der Waals surface area contributed by atoms with Gasteiger partial charge in [0.15, 0.2) is 11.5 Å². The number of hydrogen-bond acceptors (Lipinski definition) is 5. The molecule has 7 nitrogen and oxygen atoms in total. The number of aromatic nitrogens is 2. The molecule has 0 N–H and O–H groups in total. The van der Waals surface area contributed by atoms with Crippen molar-refractivity contribution in [3.05, 3.63) is 58.4 Å². The lowest BCUT2D eigenvalue weighted by Crippen LogP contribution is -2.47. The molecule has 4 heterocycles. The van der Waals surface area contributed by atoms with E-state index in [2.05, 4.69) is 5.10 Å². The van der Waals surface area contributed by atoms with Crippen molar-refractivity contribution in [1.29, 1.82) is 0 Å². The van der Waals surface area contributed by atoms with Crippen LogP contribution in [0.5, 0.6) is 0 Å². The molecule has 2 aliphatic rings. The summed E-state index contributed by atoms with van der Waals surface area (Å²) in [6.45, 7) is 2.29. The Labute approximate surface area is 183 Å². The molecule has 30 heavy (non-hydrogen) atoms. The van der Waals surface area contributed by atoms with Crippen LogP contribution in [0.3, 0.4) is 0 Å². The number of piperidine rings is 1. The predicted molar refractivity (Wildman–Crippen MR) is 111 cm³/mol. The van der Waals surface area contributed by atoms with E-state index in [9.17, 15) is 4.79 Å². The lowest BCUT2D eigenvalue weighted by atomic mass is 10.0. The zero-order chi connectivity index (χ0) is 20.7. The molecule has 0 atom stereocenters. The van der Waals surface area contributed by atoms with E-state index < -0.39 is 5.79 Å². The zero-order valence-electron chi connectivity index (χ0n) is 16.0. The van der Waals surface area contributed by atoms with Crippen molar-refractivity contribution in [3.63, 3.8) is 0 Å². The van der Waals surface area contributed by atoms with Gasteiger partial charge in [-0.05, 0) is 30.3 Å². The number of carbonyl (C=O) groups excluding carboxylic acids is 1. The third-order valence-electron chi connectivity index (χ3n) is 5.48. The molecule has 0 unspecified atom stereocenters. The van der Waals surface area contributed by atoms with Gasteiger partial charge < -0.3 is 18.8 Å². The second-order valence-electron chi connectivity index (χ2n) is 7.30. The van der Waals surface area contributed by atoms with Crippen LogP contribution in [0.25, 0.3) is 17.1 Å². The third-order valence-corrected chi connectivity index (χ3v) is 6.21. The van der Waals surface area contributed by atoms with Crippen LogP contribution in [0.15, 0.2) is 47.1 Å². The van der Waals surface area contributed by atoms with Gasteiger partial charge in [0.1, 0.15) is 11.4 Å². The molecule has 9 heteroatoms. The normalized spacial score (nSPS) is 18.3. The van der Waals surface area contributed by atoms with Gasteiger partial charge >= 0.3 is 0 Å². The quantitative estimate of drug-likeness (QED) is 0.594. The Morgan fingerprint density at radius 2 is 1.80 bits per heavy atom. The fourth-order valence-corrected chi connectivity index (χ4v) is 4.18. The molecular formula is C21H19Cl2N3O4. The number of nitrogens with zero attached hydrogens (tertiary/aromatic N) is 3. The van der Waals surface area contributed by atoms with Gasteiger partial charge in [-0.15, -0.1) is 0 Å². The molecule has 3 aromatic rings. The molecule has 2 aliphatic heterocycles. The Morgan fingerprint density at radius 3 is 2.47 bits per heavy atom. The molecule has 5 rings (SSSR count). The molecule has 1 spiro atoms. The van der Waals surface area contributed by atoms with Gasteiger partial charge in [-0.25, -0.2) is 4.68 Å². The van der Waals surface area contributed by atoms with E-state index in [0.717, 1.165) is 0 Å². The summed E-state index contributed by atoms with van der Waals surface area (Å²) in [5.74, 6) is -0.0903. The van der Waals surface area contributed by atoms with Crippen LogP contribution in [0.2, 0.25) is 10.0 Å². The van der Waals surface area contributed by atoms with Crippen molar-refractivity contribution < 1.29 is 18.7 Å². The summed E-state index contributed by atoms with van der Waals surface area (Å²) in [4.78, 5) is 15.2. The molecule has 156 valence electrons. The zero-order valence-corrected chi connectivity index (χ0v) is 17.5. The van der Waals surface area contributed by atoms with Gasteiger partial charge in [-0.3, -0.25) is 4.79 Å². The summed E-state index contributed by atoms with van der Waals surface area (Å²) in [7, 11) is 0. The summed E-state index contributed by atoms with van der Waals surface area (Å²) in [5, 5.41) is 5.43. The Morgan fingerprint density at radius 1 is 1.03 bits per heavy atom. The standard InChI is InChI=1S/C21H19Cl2N3O4/c22-15-4-3-14(12-16(15)23)26-18(13-17(24-26)19-2-1-9-28-19)20(27)25-7-5-21(6-8-25)29-10-11-30-21/h1-4,9,12-13H,5-8,10-11H2. The number of carbonyl (C=O) groups is 1. The number of ether oxygens (including phenoxy) is 2. The van der Waals surface area contributed by atoms with Crippen LogP contribution in [0.1, 0.15) is 23.3 Å². The SMILES string of the molecule is O=C(c1cc(-c2ccco2)nn1-c1ccc(Cl)c(Cl)c1)N1CCC2(CC1)OCCO2. The number of hydrogen-bond donors (Lipinski definition) is 0. The smallest absolute Gasteiger partial charge is 0.272 e. The minimum atomic E-state index is -0.542. The molecule has 2 saturated heterocycles. The van der Waals surface area contributed by atoms with Gasteiger partial charge in [-0.2, -0.15) is 5.10 Å². The molecule has 0 aliphatic carbocycles. The number of amides is 1. The van der Waals surface area contributed by atoms with E-state index in [1.807, 2.05) is 0 Å². The van der Waals surface area contributed by atoms with E-state index in [4.69, 9.17) is 37.1 Å². The Bertz CT molecular complexity index is 1060. The van der Waals surface area contributed by atoms with Gasteiger partial charge in [0.2, 0.25) is 0 Å². The van der Waals surface area contributed by atoms with Crippen molar-refractivity contribution in [2.24, 2.45) is 0 Å². The first-order valence-corrected chi connectivity index (χ1v) is 10.5. The summed E-state index contributed by atoms with van der Waals surface area (Å²) >= 11 is 12.3. The molecule has 0 bridgehead atoms. The average molecular weight is 448 g/mol. The van der Waals surface area contributed by atoms with Crippen LogP contribution in [-0.2, 0) is 9.47 Å². The molecule has 0 saturated carbocycles. The minimum Gasteiger partial charge on any atom is -0.463 e. The topological polar surface area (TPSA) is 69.7 Å². The van der Waals surface area contributed by atoms with E-state index >= 15 is 0 Å².